The number of benzene rings is 1. The molecule has 122 valence electrons. The van der Waals surface area contributed by atoms with Gasteiger partial charge in [-0.15, -0.1) is 0 Å². The summed E-state index contributed by atoms with van der Waals surface area (Å²) in [5.74, 6) is -0.191. The van der Waals surface area contributed by atoms with Gasteiger partial charge < -0.3 is 15.8 Å². The number of nitrogens with one attached hydrogen (secondary N) is 1. The number of amides is 1. The fraction of sp³-hybridized carbons (Fsp3) is 0.533. The monoisotopic (exact) mass is 376 g/mol. The summed E-state index contributed by atoms with van der Waals surface area (Å²) in [5, 5.41) is 2.74. The Balaban J connectivity index is 2.04. The fourth-order valence-electron chi connectivity index (χ4n) is 2.66. The molecule has 1 fully saturated rings. The van der Waals surface area contributed by atoms with Gasteiger partial charge in [0.15, 0.2) is 0 Å². The van der Waals surface area contributed by atoms with Crippen molar-refractivity contribution in [2.75, 3.05) is 0 Å². The standard InChI is InChI=1S/C15H19BrF2N2O2/c16-11-4-5-12(22-14(17)18)10(8-11)9-20-13(21)15(19)6-2-1-3-7-15/h4-5,8,14H,1-3,6-7,9,19H2,(H,20,21). The summed E-state index contributed by atoms with van der Waals surface area (Å²) in [6.45, 7) is -2.81. The number of ether oxygens (including phenoxy) is 1. The van der Waals surface area contributed by atoms with Crippen LogP contribution in [0.1, 0.15) is 37.7 Å². The molecule has 1 amide bonds. The molecule has 1 saturated carbocycles. The predicted octanol–water partition coefficient (Wildman–Crippen LogP) is 3.33. The number of carbonyl (C=O) groups excluding carboxylic acids is 1. The highest BCUT2D eigenvalue weighted by atomic mass is 79.9. The summed E-state index contributed by atoms with van der Waals surface area (Å²) in [6.07, 6.45) is 4.25. The number of rotatable bonds is 5. The van der Waals surface area contributed by atoms with E-state index in [-0.39, 0.29) is 18.2 Å². The van der Waals surface area contributed by atoms with Crippen LogP contribution in [-0.4, -0.2) is 18.1 Å². The molecule has 0 atom stereocenters. The van der Waals surface area contributed by atoms with Crippen molar-refractivity contribution in [3.05, 3.63) is 28.2 Å². The van der Waals surface area contributed by atoms with Gasteiger partial charge >= 0.3 is 6.61 Å². The number of nitrogens with two attached hydrogens (primary N) is 1. The Kier molecular flexibility index (Phi) is 5.74. The molecule has 0 aliphatic heterocycles. The van der Waals surface area contributed by atoms with Crippen LogP contribution in [0, 0.1) is 0 Å². The van der Waals surface area contributed by atoms with E-state index in [1.807, 2.05) is 0 Å². The molecule has 1 aromatic carbocycles. The maximum atomic E-state index is 12.4. The topological polar surface area (TPSA) is 64.4 Å². The third-order valence-electron chi connectivity index (χ3n) is 3.88. The van der Waals surface area contributed by atoms with E-state index in [0.29, 0.717) is 18.4 Å². The lowest BCUT2D eigenvalue weighted by Crippen LogP contribution is -2.54. The van der Waals surface area contributed by atoms with Crippen LogP contribution in [0.25, 0.3) is 0 Å². The van der Waals surface area contributed by atoms with E-state index < -0.39 is 12.2 Å². The van der Waals surface area contributed by atoms with E-state index in [0.717, 1.165) is 23.7 Å². The van der Waals surface area contributed by atoms with Gasteiger partial charge in [0.05, 0.1) is 5.54 Å². The van der Waals surface area contributed by atoms with Crippen molar-refractivity contribution in [1.82, 2.24) is 5.32 Å². The lowest BCUT2D eigenvalue weighted by molar-refractivity contribution is -0.127. The van der Waals surface area contributed by atoms with Crippen molar-refractivity contribution in [3.8, 4) is 5.75 Å². The zero-order valence-corrected chi connectivity index (χ0v) is 13.7. The van der Waals surface area contributed by atoms with Crippen molar-refractivity contribution >= 4 is 21.8 Å². The minimum absolute atomic E-state index is 0.0493. The molecule has 4 nitrogen and oxygen atoms in total. The smallest absolute Gasteiger partial charge is 0.387 e. The summed E-state index contributed by atoms with van der Waals surface area (Å²) in [7, 11) is 0. The van der Waals surface area contributed by atoms with Crippen molar-refractivity contribution in [3.63, 3.8) is 0 Å². The number of hydrogen-bond acceptors (Lipinski definition) is 3. The molecule has 3 N–H and O–H groups in total. The van der Waals surface area contributed by atoms with Crippen LogP contribution >= 0.6 is 15.9 Å². The van der Waals surface area contributed by atoms with Gasteiger partial charge in [-0.25, -0.2) is 0 Å². The molecule has 1 aromatic rings. The summed E-state index contributed by atoms with van der Waals surface area (Å²) < 4.78 is 30.0. The van der Waals surface area contributed by atoms with E-state index in [1.165, 1.54) is 6.07 Å². The molecule has 1 aliphatic carbocycles. The van der Waals surface area contributed by atoms with Crippen molar-refractivity contribution < 1.29 is 18.3 Å². The van der Waals surface area contributed by atoms with Gasteiger partial charge in [0, 0.05) is 16.6 Å². The molecule has 0 saturated heterocycles. The van der Waals surface area contributed by atoms with Crippen LogP contribution in [-0.2, 0) is 11.3 Å². The summed E-state index contributed by atoms with van der Waals surface area (Å²) in [5.41, 5.74) is 5.76. The summed E-state index contributed by atoms with van der Waals surface area (Å²) in [6, 6.07) is 4.69. The SMILES string of the molecule is NC1(C(=O)NCc2cc(Br)ccc2OC(F)F)CCCCC1. The van der Waals surface area contributed by atoms with Crippen molar-refractivity contribution in [2.45, 2.75) is 50.8 Å². The van der Waals surface area contributed by atoms with E-state index in [4.69, 9.17) is 5.73 Å². The molecule has 0 aromatic heterocycles. The van der Waals surface area contributed by atoms with Crippen LogP contribution in [0.5, 0.6) is 5.75 Å². The highest BCUT2D eigenvalue weighted by molar-refractivity contribution is 9.10. The molecule has 0 unspecified atom stereocenters. The largest absolute Gasteiger partial charge is 0.434 e. The van der Waals surface area contributed by atoms with Crippen LogP contribution in [0.2, 0.25) is 0 Å². The highest BCUT2D eigenvalue weighted by Crippen LogP contribution is 2.27. The third-order valence-corrected chi connectivity index (χ3v) is 4.37. The molecule has 0 heterocycles. The van der Waals surface area contributed by atoms with E-state index in [9.17, 15) is 13.6 Å². The van der Waals surface area contributed by atoms with E-state index in [2.05, 4.69) is 26.0 Å². The Labute approximate surface area is 136 Å². The maximum absolute atomic E-state index is 12.4. The van der Waals surface area contributed by atoms with Crippen LogP contribution < -0.4 is 15.8 Å². The average Bonchev–Trinajstić information content (AvgIpc) is 2.47. The molecule has 0 radical (unpaired) electrons. The average molecular weight is 377 g/mol. The van der Waals surface area contributed by atoms with Crippen LogP contribution in [0.15, 0.2) is 22.7 Å². The minimum Gasteiger partial charge on any atom is -0.434 e. The Hall–Kier alpha value is -1.21. The first kappa shape index (κ1) is 17.1. The molecule has 22 heavy (non-hydrogen) atoms. The zero-order valence-electron chi connectivity index (χ0n) is 12.1. The summed E-state index contributed by atoms with van der Waals surface area (Å²) >= 11 is 3.28. The molecule has 7 heteroatoms. The number of alkyl halides is 2. The second-order valence-electron chi connectivity index (χ2n) is 5.53. The van der Waals surface area contributed by atoms with Gasteiger partial charge in [0.2, 0.25) is 5.91 Å². The Bertz CT molecular complexity index is 534. The van der Waals surface area contributed by atoms with Gasteiger partial charge in [0.1, 0.15) is 5.75 Å². The lowest BCUT2D eigenvalue weighted by Gasteiger charge is -2.31. The number of carbonyl (C=O) groups is 1. The molecular formula is C15H19BrF2N2O2. The molecule has 2 rings (SSSR count). The van der Waals surface area contributed by atoms with Gasteiger partial charge in [-0.1, -0.05) is 35.2 Å². The first-order valence-electron chi connectivity index (χ1n) is 7.21. The molecular weight excluding hydrogens is 358 g/mol. The first-order valence-corrected chi connectivity index (χ1v) is 8.00. The van der Waals surface area contributed by atoms with E-state index in [1.54, 1.807) is 12.1 Å². The maximum Gasteiger partial charge on any atom is 0.387 e. The van der Waals surface area contributed by atoms with Crippen molar-refractivity contribution in [2.24, 2.45) is 5.73 Å². The van der Waals surface area contributed by atoms with Crippen LogP contribution in [0.3, 0.4) is 0 Å². The second-order valence-corrected chi connectivity index (χ2v) is 6.45. The first-order chi connectivity index (χ1) is 10.4. The second kappa shape index (κ2) is 7.37. The minimum atomic E-state index is -2.91. The lowest BCUT2D eigenvalue weighted by atomic mass is 9.82. The zero-order chi connectivity index (χ0) is 16.2. The molecule has 1 aliphatic rings. The van der Waals surface area contributed by atoms with Gasteiger partial charge in [0.25, 0.3) is 0 Å². The predicted molar refractivity (Wildman–Crippen MR) is 82.6 cm³/mol. The van der Waals surface area contributed by atoms with Gasteiger partial charge in [-0.3, -0.25) is 4.79 Å². The Morgan fingerprint density at radius 2 is 2.05 bits per heavy atom. The van der Waals surface area contributed by atoms with E-state index >= 15 is 0 Å². The number of halogens is 3. The highest BCUT2D eigenvalue weighted by Gasteiger charge is 2.35. The fourth-order valence-corrected chi connectivity index (χ4v) is 3.07. The molecule has 0 spiro atoms. The van der Waals surface area contributed by atoms with Gasteiger partial charge in [-0.2, -0.15) is 8.78 Å². The van der Waals surface area contributed by atoms with Crippen LogP contribution in [0.4, 0.5) is 8.78 Å². The summed E-state index contributed by atoms with van der Waals surface area (Å²) in [4.78, 5) is 12.3. The molecule has 0 bridgehead atoms. The third kappa shape index (κ3) is 4.39. The Morgan fingerprint density at radius 3 is 2.68 bits per heavy atom. The van der Waals surface area contributed by atoms with Gasteiger partial charge in [-0.05, 0) is 31.0 Å². The normalized spacial score (nSPS) is 17.3. The quantitative estimate of drug-likeness (QED) is 0.828. The number of hydrogen-bond donors (Lipinski definition) is 2. The Morgan fingerprint density at radius 1 is 1.36 bits per heavy atom. The van der Waals surface area contributed by atoms with Crippen molar-refractivity contribution in [1.29, 1.82) is 0 Å².